The van der Waals surface area contributed by atoms with Gasteiger partial charge >= 0.3 is 6.09 Å². The quantitative estimate of drug-likeness (QED) is 0.195. The van der Waals surface area contributed by atoms with Crippen molar-refractivity contribution in [2.45, 2.75) is 33.3 Å². The van der Waals surface area contributed by atoms with Crippen LogP contribution >= 0.6 is 0 Å². The molecule has 2 aromatic carbocycles. The maximum atomic E-state index is 14.9. The van der Waals surface area contributed by atoms with E-state index < -0.39 is 22.4 Å². The smallest absolute Gasteiger partial charge is 0.412 e. The lowest BCUT2D eigenvalue weighted by atomic mass is 10.1. The zero-order chi connectivity index (χ0) is 32.0. The zero-order valence-electron chi connectivity index (χ0n) is 25.6. The number of methoxy groups -OCH3 is 2. The Morgan fingerprint density at radius 1 is 1.05 bits per heavy atom. The number of aromatic nitrogens is 2. The van der Waals surface area contributed by atoms with E-state index in [1.54, 1.807) is 39.0 Å². The number of nitrogens with one attached hydrogen (secondary N) is 3. The van der Waals surface area contributed by atoms with Gasteiger partial charge in [0.25, 0.3) is 5.69 Å². The fraction of sp³-hybridized carbons (Fsp3) is 0.414. The van der Waals surface area contributed by atoms with Crippen molar-refractivity contribution in [3.8, 4) is 11.5 Å². The van der Waals surface area contributed by atoms with Crippen molar-refractivity contribution in [1.82, 2.24) is 14.9 Å². The maximum Gasteiger partial charge on any atom is 0.412 e. The van der Waals surface area contributed by atoms with Crippen molar-refractivity contribution in [2.75, 3.05) is 67.8 Å². The summed E-state index contributed by atoms with van der Waals surface area (Å²) in [7, 11) is 2.89. The SMILES string of the molecule is CCN1CCN(c2cc(OC)c(Nc3ncc(F)c(Nc4cc(NC(=O)OC(C)(C)C)ccc4OC)n3)cc2[N+](=O)[O-])CC1. The number of halogens is 1. The van der Waals surface area contributed by atoms with Gasteiger partial charge in [-0.1, -0.05) is 6.92 Å². The molecule has 1 fully saturated rings. The second-order valence-corrected chi connectivity index (χ2v) is 10.9. The van der Waals surface area contributed by atoms with Crippen LogP contribution < -0.4 is 30.3 Å². The molecule has 0 saturated carbocycles. The van der Waals surface area contributed by atoms with E-state index in [0.29, 0.717) is 41.7 Å². The Morgan fingerprint density at radius 3 is 2.34 bits per heavy atom. The highest BCUT2D eigenvalue weighted by molar-refractivity contribution is 5.86. The van der Waals surface area contributed by atoms with Crippen LogP contribution in [0, 0.1) is 15.9 Å². The summed E-state index contributed by atoms with van der Waals surface area (Å²) in [6, 6.07) is 7.68. The van der Waals surface area contributed by atoms with Crippen molar-refractivity contribution in [3.63, 3.8) is 0 Å². The van der Waals surface area contributed by atoms with Crippen molar-refractivity contribution in [1.29, 1.82) is 0 Å². The second-order valence-electron chi connectivity index (χ2n) is 10.9. The number of nitro groups is 1. The maximum absolute atomic E-state index is 14.9. The number of likely N-dealkylation sites (N-methyl/N-ethyl adjacent to an activating group) is 1. The molecule has 2 heterocycles. The number of hydrogen-bond donors (Lipinski definition) is 3. The fourth-order valence-corrected chi connectivity index (χ4v) is 4.60. The van der Waals surface area contributed by atoms with Crippen molar-refractivity contribution < 1.29 is 28.3 Å². The molecule has 0 atom stereocenters. The predicted molar refractivity (Wildman–Crippen MR) is 165 cm³/mol. The normalized spacial score (nSPS) is 13.7. The highest BCUT2D eigenvalue weighted by atomic mass is 19.1. The standard InChI is InChI=1S/C29H37FN8O6/c1-7-36-10-12-37(13-11-36)22-16-25(43-6)21(15-23(22)38(40)41)34-27-31-17-19(30)26(35-27)33-20-14-18(8-9-24(20)42-5)32-28(39)44-29(2,3)4/h8-9,14-17H,7,10-13H2,1-6H3,(H,32,39)(H2,31,33,34,35). The molecule has 0 spiro atoms. The second kappa shape index (κ2) is 13.6. The molecule has 0 radical (unpaired) electrons. The number of nitro benzene ring substituents is 1. The average molecular weight is 613 g/mol. The monoisotopic (exact) mass is 612 g/mol. The minimum absolute atomic E-state index is 0.0483. The van der Waals surface area contributed by atoms with Crippen LogP contribution in [0.25, 0.3) is 0 Å². The molecule has 1 aliphatic heterocycles. The fourth-order valence-electron chi connectivity index (χ4n) is 4.60. The van der Waals surface area contributed by atoms with E-state index in [0.717, 1.165) is 25.8 Å². The largest absolute Gasteiger partial charge is 0.495 e. The third kappa shape index (κ3) is 7.92. The number of benzene rings is 2. The first kappa shape index (κ1) is 32.0. The molecule has 236 valence electrons. The number of amides is 1. The number of carbonyl (C=O) groups is 1. The molecule has 1 saturated heterocycles. The molecule has 3 aromatic rings. The number of ether oxygens (including phenoxy) is 3. The number of rotatable bonds is 10. The van der Waals surface area contributed by atoms with Crippen LogP contribution in [0.1, 0.15) is 27.7 Å². The lowest BCUT2D eigenvalue weighted by Gasteiger charge is -2.35. The van der Waals surface area contributed by atoms with E-state index >= 15 is 0 Å². The number of carbonyl (C=O) groups excluding carboxylic acids is 1. The lowest BCUT2D eigenvalue weighted by molar-refractivity contribution is -0.384. The van der Waals surface area contributed by atoms with Gasteiger partial charge in [-0.15, -0.1) is 0 Å². The summed E-state index contributed by atoms with van der Waals surface area (Å²) in [6.45, 7) is 11.1. The molecule has 4 rings (SSSR count). The minimum Gasteiger partial charge on any atom is -0.495 e. The molecular weight excluding hydrogens is 575 g/mol. The molecule has 0 unspecified atom stereocenters. The number of nitrogens with zero attached hydrogens (tertiary/aromatic N) is 5. The molecule has 0 aliphatic carbocycles. The molecule has 1 aromatic heterocycles. The van der Waals surface area contributed by atoms with E-state index in [-0.39, 0.29) is 23.1 Å². The zero-order valence-corrected chi connectivity index (χ0v) is 25.6. The first-order valence-electron chi connectivity index (χ1n) is 14.0. The molecule has 0 bridgehead atoms. The average Bonchev–Trinajstić information content (AvgIpc) is 2.97. The summed E-state index contributed by atoms with van der Waals surface area (Å²) in [5.41, 5.74) is 0.529. The molecule has 1 amide bonds. The molecule has 1 aliphatic rings. The van der Waals surface area contributed by atoms with Gasteiger partial charge in [0.1, 0.15) is 22.8 Å². The highest BCUT2D eigenvalue weighted by Crippen LogP contribution is 2.40. The summed E-state index contributed by atoms with van der Waals surface area (Å²) >= 11 is 0. The Balaban J connectivity index is 1.60. The Kier molecular flexibility index (Phi) is 9.88. The van der Waals surface area contributed by atoms with Crippen LogP contribution in [0.2, 0.25) is 0 Å². The van der Waals surface area contributed by atoms with Gasteiger partial charge in [-0.3, -0.25) is 15.4 Å². The summed E-state index contributed by atoms with van der Waals surface area (Å²) < 4.78 is 31.1. The van der Waals surface area contributed by atoms with Crippen molar-refractivity contribution >= 4 is 46.3 Å². The third-order valence-corrected chi connectivity index (χ3v) is 6.74. The van der Waals surface area contributed by atoms with Crippen molar-refractivity contribution in [3.05, 3.63) is 52.5 Å². The third-order valence-electron chi connectivity index (χ3n) is 6.74. The number of anilines is 6. The van der Waals surface area contributed by atoms with Gasteiger partial charge < -0.3 is 34.6 Å². The van der Waals surface area contributed by atoms with Crippen LogP contribution in [-0.4, -0.2) is 78.4 Å². The summed E-state index contributed by atoms with van der Waals surface area (Å²) in [4.78, 5) is 36.4. The lowest BCUT2D eigenvalue weighted by Crippen LogP contribution is -2.46. The van der Waals surface area contributed by atoms with Gasteiger partial charge in [0.05, 0.1) is 36.7 Å². The molecule has 3 N–H and O–H groups in total. The minimum atomic E-state index is -0.775. The Hall–Kier alpha value is -4.92. The first-order chi connectivity index (χ1) is 20.9. The van der Waals surface area contributed by atoms with Gasteiger partial charge in [-0.25, -0.2) is 14.2 Å². The van der Waals surface area contributed by atoms with E-state index in [1.807, 2.05) is 4.90 Å². The number of hydrogen-bond acceptors (Lipinski definition) is 12. The Morgan fingerprint density at radius 2 is 1.73 bits per heavy atom. The van der Waals surface area contributed by atoms with Crippen LogP contribution in [0.15, 0.2) is 36.5 Å². The first-order valence-corrected chi connectivity index (χ1v) is 14.0. The summed E-state index contributed by atoms with van der Waals surface area (Å²) in [6.07, 6.45) is 0.292. The topological polar surface area (TPSA) is 156 Å². The predicted octanol–water partition coefficient (Wildman–Crippen LogP) is 5.52. The van der Waals surface area contributed by atoms with Gasteiger partial charge in [-0.05, 0) is 45.5 Å². The van der Waals surface area contributed by atoms with Crippen LogP contribution in [-0.2, 0) is 4.74 Å². The van der Waals surface area contributed by atoms with Crippen LogP contribution in [0.3, 0.4) is 0 Å². The van der Waals surface area contributed by atoms with E-state index in [2.05, 4.69) is 37.7 Å². The molecular formula is C29H37FN8O6. The van der Waals surface area contributed by atoms with Crippen LogP contribution in [0.5, 0.6) is 11.5 Å². The Bertz CT molecular complexity index is 1510. The molecule has 15 heteroatoms. The molecule has 14 nitrogen and oxygen atoms in total. The van der Waals surface area contributed by atoms with Crippen molar-refractivity contribution in [2.24, 2.45) is 0 Å². The van der Waals surface area contributed by atoms with Gasteiger partial charge in [0.15, 0.2) is 11.6 Å². The van der Waals surface area contributed by atoms with Gasteiger partial charge in [0.2, 0.25) is 5.95 Å². The Labute approximate surface area is 254 Å². The molecule has 44 heavy (non-hydrogen) atoms. The highest BCUT2D eigenvalue weighted by Gasteiger charge is 2.26. The number of piperazine rings is 1. The van der Waals surface area contributed by atoms with E-state index in [4.69, 9.17) is 14.2 Å². The van der Waals surface area contributed by atoms with Gasteiger partial charge in [0, 0.05) is 44.0 Å². The van der Waals surface area contributed by atoms with E-state index in [9.17, 15) is 19.3 Å². The summed E-state index contributed by atoms with van der Waals surface area (Å²) in [5, 5.41) is 20.5. The van der Waals surface area contributed by atoms with E-state index in [1.165, 1.54) is 26.4 Å². The van der Waals surface area contributed by atoms with Gasteiger partial charge in [-0.2, -0.15) is 4.98 Å². The summed E-state index contributed by atoms with van der Waals surface area (Å²) in [5.74, 6) is -0.363. The van der Waals surface area contributed by atoms with Crippen LogP contribution in [0.4, 0.5) is 49.4 Å².